The largest absolute Gasteiger partial charge is 0.488 e. The maximum Gasteiger partial charge on any atom is 0.259 e. The molecule has 0 saturated heterocycles. The third-order valence-electron chi connectivity index (χ3n) is 5.71. The minimum atomic E-state index is -0.249. The quantitative estimate of drug-likeness (QED) is 0.291. The molecule has 0 saturated carbocycles. The van der Waals surface area contributed by atoms with Crippen LogP contribution in [0.5, 0.6) is 11.5 Å². The van der Waals surface area contributed by atoms with Crippen LogP contribution in [-0.4, -0.2) is 10.9 Å². The maximum absolute atomic E-state index is 13.4. The second-order valence-corrected chi connectivity index (χ2v) is 8.68. The standard InChI is InChI=1S/C30H30N2O3/c1-21(2)25-17-26(30(33)32-27-15-10-16-31-22(27)3)29(35-20-24-13-8-5-9-14-24)18-28(25)34-19-23-11-6-4-7-12-23/h4-18,21H,19-20H2,1-3H3,(H,32,33). The average Bonchev–Trinajstić information content (AvgIpc) is 2.88. The van der Waals surface area contributed by atoms with Gasteiger partial charge in [-0.1, -0.05) is 74.5 Å². The minimum Gasteiger partial charge on any atom is -0.488 e. The summed E-state index contributed by atoms with van der Waals surface area (Å²) in [7, 11) is 0. The molecule has 178 valence electrons. The number of anilines is 1. The van der Waals surface area contributed by atoms with Gasteiger partial charge in [0, 0.05) is 12.3 Å². The van der Waals surface area contributed by atoms with Gasteiger partial charge in [-0.15, -0.1) is 0 Å². The summed E-state index contributed by atoms with van der Waals surface area (Å²) in [6, 6.07) is 27.3. The highest BCUT2D eigenvalue weighted by molar-refractivity contribution is 6.06. The van der Waals surface area contributed by atoms with Crippen molar-refractivity contribution in [3.05, 3.63) is 119 Å². The lowest BCUT2D eigenvalue weighted by molar-refractivity contribution is 0.102. The fourth-order valence-corrected chi connectivity index (χ4v) is 3.73. The van der Waals surface area contributed by atoms with E-state index < -0.39 is 0 Å². The fourth-order valence-electron chi connectivity index (χ4n) is 3.73. The SMILES string of the molecule is Cc1ncccc1NC(=O)c1cc(C(C)C)c(OCc2ccccc2)cc1OCc1ccccc1. The first kappa shape index (κ1) is 24.0. The number of amides is 1. The Morgan fingerprint density at radius 1 is 0.829 bits per heavy atom. The second kappa shape index (κ2) is 11.3. The van der Waals surface area contributed by atoms with Crippen LogP contribution in [0.3, 0.4) is 0 Å². The Morgan fingerprint density at radius 2 is 1.43 bits per heavy atom. The van der Waals surface area contributed by atoms with E-state index in [2.05, 4.69) is 24.1 Å². The Labute approximate surface area is 206 Å². The normalized spacial score (nSPS) is 10.7. The molecule has 4 aromatic rings. The molecule has 1 amide bonds. The molecule has 4 rings (SSSR count). The fraction of sp³-hybridized carbons (Fsp3) is 0.200. The molecule has 1 heterocycles. The highest BCUT2D eigenvalue weighted by Gasteiger charge is 2.20. The molecule has 1 N–H and O–H groups in total. The van der Waals surface area contributed by atoms with Gasteiger partial charge in [-0.2, -0.15) is 0 Å². The first-order valence-corrected chi connectivity index (χ1v) is 11.8. The molecule has 3 aromatic carbocycles. The highest BCUT2D eigenvalue weighted by atomic mass is 16.5. The van der Waals surface area contributed by atoms with Crippen molar-refractivity contribution in [2.45, 2.75) is 39.9 Å². The van der Waals surface area contributed by atoms with Gasteiger partial charge in [0.05, 0.1) is 16.9 Å². The van der Waals surface area contributed by atoms with Crippen molar-refractivity contribution in [1.82, 2.24) is 4.98 Å². The summed E-state index contributed by atoms with van der Waals surface area (Å²) >= 11 is 0. The molecule has 0 radical (unpaired) electrons. The number of hydrogen-bond donors (Lipinski definition) is 1. The summed E-state index contributed by atoms with van der Waals surface area (Å²) in [5, 5.41) is 2.99. The molecule has 0 fully saturated rings. The predicted molar refractivity (Wildman–Crippen MR) is 139 cm³/mol. The van der Waals surface area contributed by atoms with Crippen molar-refractivity contribution in [2.75, 3.05) is 5.32 Å². The summed E-state index contributed by atoms with van der Waals surface area (Å²) in [5.41, 5.74) is 4.91. The zero-order chi connectivity index (χ0) is 24.6. The van der Waals surface area contributed by atoms with E-state index in [1.165, 1.54) is 0 Å². The van der Waals surface area contributed by atoms with Crippen LogP contribution >= 0.6 is 0 Å². The maximum atomic E-state index is 13.4. The molecule has 0 bridgehead atoms. The van der Waals surface area contributed by atoms with Crippen LogP contribution < -0.4 is 14.8 Å². The van der Waals surface area contributed by atoms with Gasteiger partial charge in [0.2, 0.25) is 0 Å². The first-order chi connectivity index (χ1) is 17.0. The van der Waals surface area contributed by atoms with Crippen molar-refractivity contribution >= 4 is 11.6 Å². The van der Waals surface area contributed by atoms with E-state index in [9.17, 15) is 4.79 Å². The number of benzene rings is 3. The monoisotopic (exact) mass is 466 g/mol. The minimum absolute atomic E-state index is 0.149. The molecule has 5 heteroatoms. The molecule has 0 unspecified atom stereocenters. The summed E-state index contributed by atoms with van der Waals surface area (Å²) in [5.74, 6) is 1.08. The highest BCUT2D eigenvalue weighted by Crippen LogP contribution is 2.35. The zero-order valence-electron chi connectivity index (χ0n) is 20.3. The molecule has 1 aromatic heterocycles. The molecule has 0 aliphatic rings. The van der Waals surface area contributed by atoms with Crippen LogP contribution in [0.1, 0.15) is 52.5 Å². The van der Waals surface area contributed by atoms with E-state index in [4.69, 9.17) is 9.47 Å². The van der Waals surface area contributed by atoms with Crippen LogP contribution in [0.15, 0.2) is 91.1 Å². The lowest BCUT2D eigenvalue weighted by atomic mass is 9.98. The third kappa shape index (κ3) is 6.27. The summed E-state index contributed by atoms with van der Waals surface area (Å²) in [6.45, 7) is 6.80. The van der Waals surface area contributed by atoms with Gasteiger partial charge in [-0.3, -0.25) is 9.78 Å². The number of nitrogens with one attached hydrogen (secondary N) is 1. The smallest absolute Gasteiger partial charge is 0.259 e. The van der Waals surface area contributed by atoms with E-state index in [1.54, 1.807) is 12.3 Å². The van der Waals surface area contributed by atoms with Crippen molar-refractivity contribution in [3.63, 3.8) is 0 Å². The van der Waals surface area contributed by atoms with Crippen LogP contribution in [0.2, 0.25) is 0 Å². The summed E-state index contributed by atoms with van der Waals surface area (Å²) < 4.78 is 12.4. The molecule has 0 atom stereocenters. The van der Waals surface area contributed by atoms with Crippen molar-refractivity contribution in [1.29, 1.82) is 0 Å². The molecule has 5 nitrogen and oxygen atoms in total. The number of aryl methyl sites for hydroxylation is 1. The molecular weight excluding hydrogens is 436 g/mol. The molecule has 0 spiro atoms. The molecular formula is C30H30N2O3. The van der Waals surface area contributed by atoms with Crippen molar-refractivity contribution < 1.29 is 14.3 Å². The number of ether oxygens (including phenoxy) is 2. The van der Waals surface area contributed by atoms with Crippen LogP contribution in [0, 0.1) is 6.92 Å². The molecule has 0 aliphatic heterocycles. The summed E-state index contributed by atoms with van der Waals surface area (Å²) in [6.07, 6.45) is 1.70. The van der Waals surface area contributed by atoms with Crippen molar-refractivity contribution in [3.8, 4) is 11.5 Å². The topological polar surface area (TPSA) is 60.5 Å². The predicted octanol–water partition coefficient (Wildman–Crippen LogP) is 6.92. The van der Waals surface area contributed by atoms with E-state index in [1.807, 2.05) is 85.8 Å². The van der Waals surface area contributed by atoms with Crippen LogP contribution in [0.25, 0.3) is 0 Å². The Kier molecular flexibility index (Phi) is 7.78. The van der Waals surface area contributed by atoms with Gasteiger partial charge in [0.1, 0.15) is 24.7 Å². The lowest BCUT2D eigenvalue weighted by Crippen LogP contribution is -2.16. The van der Waals surface area contributed by atoms with Gasteiger partial charge in [0.25, 0.3) is 5.91 Å². The number of carbonyl (C=O) groups excluding carboxylic acids is 1. The first-order valence-electron chi connectivity index (χ1n) is 11.8. The number of carbonyl (C=O) groups is 1. The van der Waals surface area contributed by atoms with E-state index in [0.29, 0.717) is 36.0 Å². The number of aromatic nitrogens is 1. The van der Waals surface area contributed by atoms with Gasteiger partial charge in [-0.25, -0.2) is 0 Å². The Bertz CT molecular complexity index is 1270. The van der Waals surface area contributed by atoms with E-state index in [-0.39, 0.29) is 11.8 Å². The number of pyridine rings is 1. The van der Waals surface area contributed by atoms with Gasteiger partial charge in [-0.05, 0) is 47.7 Å². The Morgan fingerprint density at radius 3 is 2.00 bits per heavy atom. The van der Waals surface area contributed by atoms with Crippen LogP contribution in [-0.2, 0) is 13.2 Å². The second-order valence-electron chi connectivity index (χ2n) is 8.68. The Balaban J connectivity index is 1.68. The lowest BCUT2D eigenvalue weighted by Gasteiger charge is -2.19. The van der Waals surface area contributed by atoms with Gasteiger partial charge in [0.15, 0.2) is 0 Å². The molecule has 0 aliphatic carbocycles. The number of nitrogens with zero attached hydrogens (tertiary/aromatic N) is 1. The van der Waals surface area contributed by atoms with Crippen molar-refractivity contribution in [2.24, 2.45) is 0 Å². The van der Waals surface area contributed by atoms with Gasteiger partial charge >= 0.3 is 0 Å². The summed E-state index contributed by atoms with van der Waals surface area (Å²) in [4.78, 5) is 17.7. The average molecular weight is 467 g/mol. The van der Waals surface area contributed by atoms with E-state index >= 15 is 0 Å². The third-order valence-corrected chi connectivity index (χ3v) is 5.71. The van der Waals surface area contributed by atoms with E-state index in [0.717, 1.165) is 22.4 Å². The Hall–Kier alpha value is -4.12. The van der Waals surface area contributed by atoms with Crippen LogP contribution in [0.4, 0.5) is 5.69 Å². The zero-order valence-corrected chi connectivity index (χ0v) is 20.3. The number of hydrogen-bond acceptors (Lipinski definition) is 4. The number of rotatable bonds is 9. The molecule has 35 heavy (non-hydrogen) atoms. The van der Waals surface area contributed by atoms with Gasteiger partial charge < -0.3 is 14.8 Å².